The molecule has 0 aliphatic carbocycles. The van der Waals surface area contributed by atoms with E-state index in [1.54, 1.807) is 30.3 Å². The molecule has 3 heterocycles. The third kappa shape index (κ3) is 12.2. The Hall–Kier alpha value is -7.25. The van der Waals surface area contributed by atoms with Gasteiger partial charge in [-0.15, -0.1) is 0 Å². The van der Waals surface area contributed by atoms with Gasteiger partial charge in [0.15, 0.2) is 0 Å². The van der Waals surface area contributed by atoms with E-state index in [1.165, 1.54) is 7.11 Å². The van der Waals surface area contributed by atoms with Gasteiger partial charge in [0.2, 0.25) is 5.91 Å². The molecule has 344 valence electrons. The number of amides is 1. The second-order valence-corrected chi connectivity index (χ2v) is 14.6. The lowest BCUT2D eigenvalue weighted by atomic mass is 9.77. The largest absolute Gasteiger partial charge is 0.477 e. The van der Waals surface area contributed by atoms with Gasteiger partial charge in [0.05, 0.1) is 67.5 Å². The average Bonchev–Trinajstić information content (AvgIpc) is 3.89. The van der Waals surface area contributed by atoms with Gasteiger partial charge in [-0.2, -0.15) is 0 Å². The Kier molecular flexibility index (Phi) is 17.5. The maximum absolute atomic E-state index is 14.3. The molecule has 20 heteroatoms. The van der Waals surface area contributed by atoms with Crippen molar-refractivity contribution < 1.29 is 81.4 Å². The van der Waals surface area contributed by atoms with E-state index in [1.807, 2.05) is 0 Å². The number of carboxylic acid groups (broad SMARTS) is 1. The summed E-state index contributed by atoms with van der Waals surface area (Å²) in [5.41, 5.74) is -0.892. The number of aromatic nitrogens is 2. The molecule has 4 rings (SSSR count). The predicted octanol–water partition coefficient (Wildman–Crippen LogP) is 2.51. The summed E-state index contributed by atoms with van der Waals surface area (Å²) in [5, 5.41) is 13.3. The minimum atomic E-state index is -1.79. The Balaban J connectivity index is 2.08. The molecule has 1 aromatic carbocycles. The van der Waals surface area contributed by atoms with Gasteiger partial charge in [-0.05, 0) is 52.7 Å². The summed E-state index contributed by atoms with van der Waals surface area (Å²) < 4.78 is 35.2. The van der Waals surface area contributed by atoms with E-state index in [0.717, 1.165) is 35.5 Å². The zero-order chi connectivity index (χ0) is 47.1. The van der Waals surface area contributed by atoms with Gasteiger partial charge in [-0.1, -0.05) is 30.3 Å². The van der Waals surface area contributed by atoms with Crippen LogP contribution in [-0.2, 0) is 112 Å². The SMILES string of the molecule is COC(=O)CCC1=C(CC(=O)OC)C(Cc2[nH]c(C(=O)O)c(CCC(=O)OC)c2CC(=O)OC)(Cc2[nH]c(C(=O)OCc3ccccc3)c(CC(=O)OC)c2CCC(=O)OC)NC1=O. The number of methoxy groups -OCH3 is 6. The summed E-state index contributed by atoms with van der Waals surface area (Å²) in [4.78, 5) is 124. The fourth-order valence-corrected chi connectivity index (χ4v) is 7.65. The summed E-state index contributed by atoms with van der Waals surface area (Å²) in [6.07, 6.45) is -3.72. The highest BCUT2D eigenvalue weighted by Crippen LogP contribution is 2.41. The molecule has 20 nitrogen and oxygen atoms in total. The van der Waals surface area contributed by atoms with Crippen molar-refractivity contribution in [3.8, 4) is 0 Å². The summed E-state index contributed by atoms with van der Waals surface area (Å²) in [6.45, 7) is -0.168. The first-order chi connectivity index (χ1) is 30.5. The van der Waals surface area contributed by atoms with Crippen molar-refractivity contribution in [2.24, 2.45) is 0 Å². The van der Waals surface area contributed by atoms with Crippen LogP contribution in [0.3, 0.4) is 0 Å². The Labute approximate surface area is 367 Å². The van der Waals surface area contributed by atoms with Crippen molar-refractivity contribution in [3.63, 3.8) is 0 Å². The fraction of sp³-hybridized carbons (Fsp3) is 0.432. The first-order valence-corrected chi connectivity index (χ1v) is 19.9. The lowest BCUT2D eigenvalue weighted by Crippen LogP contribution is -2.49. The third-order valence-electron chi connectivity index (χ3n) is 10.8. The molecule has 0 saturated carbocycles. The van der Waals surface area contributed by atoms with Gasteiger partial charge in [-0.25, -0.2) is 9.59 Å². The van der Waals surface area contributed by atoms with E-state index in [-0.39, 0.29) is 108 Å². The molecule has 2 aromatic heterocycles. The van der Waals surface area contributed by atoms with Crippen molar-refractivity contribution >= 4 is 53.7 Å². The number of aromatic carboxylic acids is 1. The Bertz CT molecular complexity index is 2300. The van der Waals surface area contributed by atoms with Gasteiger partial charge in [0.25, 0.3) is 0 Å². The minimum Gasteiger partial charge on any atom is -0.477 e. The summed E-state index contributed by atoms with van der Waals surface area (Å²) in [5.74, 6) is -7.44. The van der Waals surface area contributed by atoms with Crippen LogP contribution in [0.4, 0.5) is 0 Å². The van der Waals surface area contributed by atoms with Crippen molar-refractivity contribution in [2.45, 2.75) is 82.8 Å². The molecule has 0 radical (unpaired) electrons. The number of H-pyrrole nitrogens is 2. The zero-order valence-electron chi connectivity index (χ0n) is 36.4. The molecule has 1 aliphatic rings. The van der Waals surface area contributed by atoms with Crippen LogP contribution in [0, 0.1) is 0 Å². The molecule has 0 spiro atoms. The standard InChI is InChI=1S/C44H51N3O17/c1-58-33(48)15-12-25-29(19-37(52)62-5)40(43(57)64-23-24-10-8-7-9-11-24)46-31(25)21-44(30(20-38(53)63-6)27(41(54)47-44)14-17-35(50)60-3)22-32-28(18-36(51)61-4)26(13-16-34(49)59-2)39(45-32)42(55)56/h7-11,45-46H,12-23H2,1-6H3,(H,47,54)(H,55,56). The number of aromatic amines is 2. The smallest absolute Gasteiger partial charge is 0.355 e. The molecule has 4 N–H and O–H groups in total. The van der Waals surface area contributed by atoms with E-state index in [0.29, 0.717) is 5.56 Å². The quantitative estimate of drug-likeness (QED) is 0.0786. The van der Waals surface area contributed by atoms with Crippen LogP contribution in [0.2, 0.25) is 0 Å². The van der Waals surface area contributed by atoms with Crippen LogP contribution in [0.15, 0.2) is 41.5 Å². The first kappa shape index (κ1) is 49.4. The molecule has 0 bridgehead atoms. The molecule has 0 fully saturated rings. The van der Waals surface area contributed by atoms with Crippen LogP contribution in [0.25, 0.3) is 0 Å². The van der Waals surface area contributed by atoms with Gasteiger partial charge >= 0.3 is 47.8 Å². The fourth-order valence-electron chi connectivity index (χ4n) is 7.65. The van der Waals surface area contributed by atoms with Gasteiger partial charge in [0.1, 0.15) is 18.0 Å². The molecule has 1 unspecified atom stereocenters. The number of benzene rings is 1. The van der Waals surface area contributed by atoms with Gasteiger partial charge in [0, 0.05) is 49.1 Å². The number of nitrogens with one attached hydrogen (secondary N) is 3. The molecule has 1 amide bonds. The number of ether oxygens (including phenoxy) is 7. The molecule has 3 aromatic rings. The highest BCUT2D eigenvalue weighted by molar-refractivity contribution is 6.00. The zero-order valence-corrected chi connectivity index (χ0v) is 36.4. The number of esters is 7. The Morgan fingerprint density at radius 1 is 0.562 bits per heavy atom. The van der Waals surface area contributed by atoms with E-state index < -0.39 is 84.9 Å². The summed E-state index contributed by atoms with van der Waals surface area (Å²) in [7, 11) is 6.89. The number of hydrogen-bond acceptors (Lipinski definition) is 16. The van der Waals surface area contributed by atoms with Crippen molar-refractivity contribution in [3.05, 3.63) is 92.1 Å². The topological polar surface area (TPSA) is 282 Å². The lowest BCUT2D eigenvalue weighted by Gasteiger charge is -2.33. The monoisotopic (exact) mass is 893 g/mol. The highest BCUT2D eigenvalue weighted by Gasteiger charge is 2.48. The van der Waals surface area contributed by atoms with Crippen LogP contribution in [0.1, 0.15) is 92.3 Å². The third-order valence-corrected chi connectivity index (χ3v) is 10.8. The van der Waals surface area contributed by atoms with E-state index >= 15 is 0 Å². The molecular weight excluding hydrogens is 842 g/mol. The number of rotatable bonds is 23. The summed E-state index contributed by atoms with van der Waals surface area (Å²) >= 11 is 0. The Morgan fingerprint density at radius 2 is 1.03 bits per heavy atom. The van der Waals surface area contributed by atoms with E-state index in [9.17, 15) is 48.3 Å². The maximum atomic E-state index is 14.3. The van der Waals surface area contributed by atoms with Crippen LogP contribution in [0.5, 0.6) is 0 Å². The van der Waals surface area contributed by atoms with E-state index in [4.69, 9.17) is 33.2 Å². The van der Waals surface area contributed by atoms with Crippen molar-refractivity contribution in [2.75, 3.05) is 42.7 Å². The maximum Gasteiger partial charge on any atom is 0.355 e. The number of carboxylic acids is 1. The molecule has 1 atom stereocenters. The van der Waals surface area contributed by atoms with Gasteiger partial charge < -0.3 is 53.5 Å². The average molecular weight is 894 g/mol. The first-order valence-electron chi connectivity index (χ1n) is 19.9. The molecule has 64 heavy (non-hydrogen) atoms. The van der Waals surface area contributed by atoms with E-state index in [2.05, 4.69) is 15.3 Å². The normalized spacial score (nSPS) is 14.3. The molecule has 1 aliphatic heterocycles. The van der Waals surface area contributed by atoms with Crippen LogP contribution in [-0.4, -0.2) is 117 Å². The van der Waals surface area contributed by atoms with Crippen LogP contribution >= 0.6 is 0 Å². The lowest BCUT2D eigenvalue weighted by molar-refractivity contribution is -0.141. The minimum absolute atomic E-state index is 0.0128. The van der Waals surface area contributed by atoms with Crippen molar-refractivity contribution in [1.82, 2.24) is 15.3 Å². The Morgan fingerprint density at radius 3 is 1.56 bits per heavy atom. The number of carbonyl (C=O) groups excluding carboxylic acids is 8. The number of carbonyl (C=O) groups is 9. The second-order valence-electron chi connectivity index (χ2n) is 14.6. The van der Waals surface area contributed by atoms with Crippen LogP contribution < -0.4 is 5.32 Å². The van der Waals surface area contributed by atoms with Gasteiger partial charge in [-0.3, -0.25) is 33.6 Å². The highest BCUT2D eigenvalue weighted by atomic mass is 16.5. The predicted molar refractivity (Wildman–Crippen MR) is 219 cm³/mol. The summed E-state index contributed by atoms with van der Waals surface area (Å²) in [6, 6.07) is 8.74. The molecular formula is C44H51N3O17. The second kappa shape index (κ2) is 22.7. The van der Waals surface area contributed by atoms with Crippen molar-refractivity contribution in [1.29, 1.82) is 0 Å². The number of hydrogen-bond donors (Lipinski definition) is 4. The molecule has 0 saturated heterocycles.